The van der Waals surface area contributed by atoms with Gasteiger partial charge in [0.05, 0.1) is 13.2 Å². The molecule has 1 aliphatic rings. The number of aryl methyl sites for hydroxylation is 2. The second kappa shape index (κ2) is 8.64. The number of nitrogens with one attached hydrogen (secondary N) is 1. The van der Waals surface area contributed by atoms with Gasteiger partial charge in [0.1, 0.15) is 11.4 Å². The van der Waals surface area contributed by atoms with Crippen molar-refractivity contribution in [1.82, 2.24) is 4.98 Å². The zero-order valence-electron chi connectivity index (χ0n) is 15.5. The predicted molar refractivity (Wildman–Crippen MR) is 102 cm³/mol. The van der Waals surface area contributed by atoms with Crippen molar-refractivity contribution in [3.05, 3.63) is 53.2 Å². The topological polar surface area (TPSA) is 80.8 Å². The first-order valence-electron chi connectivity index (χ1n) is 8.86. The Hall–Kier alpha value is -2.93. The Morgan fingerprint density at radius 2 is 1.96 bits per heavy atom. The minimum absolute atomic E-state index is 0.346. The van der Waals surface area contributed by atoms with Crippen LogP contribution in [0.2, 0.25) is 0 Å². The summed E-state index contributed by atoms with van der Waals surface area (Å²) in [4.78, 5) is 30.9. The third kappa shape index (κ3) is 4.83. The molecule has 1 aromatic heterocycles. The normalized spacial score (nSPS) is 13.9. The molecule has 1 amide bonds. The number of aromatic nitrogens is 1. The average Bonchev–Trinajstić information content (AvgIpc) is 2.69. The quantitative estimate of drug-likeness (QED) is 0.815. The Morgan fingerprint density at radius 1 is 1.19 bits per heavy atom. The number of hydrogen-bond acceptors (Lipinski definition) is 6. The van der Waals surface area contributed by atoms with Crippen molar-refractivity contribution in [2.75, 3.05) is 43.1 Å². The van der Waals surface area contributed by atoms with E-state index in [1.54, 1.807) is 18.3 Å². The minimum atomic E-state index is -0.570. The molecule has 0 bridgehead atoms. The number of nitrogens with zero attached hydrogens (tertiary/aromatic N) is 2. The number of benzene rings is 1. The Labute approximate surface area is 158 Å². The van der Waals surface area contributed by atoms with Gasteiger partial charge < -0.3 is 19.7 Å². The summed E-state index contributed by atoms with van der Waals surface area (Å²) in [5, 5.41) is 2.74. The summed E-state index contributed by atoms with van der Waals surface area (Å²) in [5.41, 5.74) is 3.25. The van der Waals surface area contributed by atoms with Gasteiger partial charge in [-0.25, -0.2) is 9.78 Å². The molecule has 1 aliphatic heterocycles. The SMILES string of the molecule is Cc1ccc(NC(=O)COC(=O)c2cccnc2N2CCOCC2)cc1C. The van der Waals surface area contributed by atoms with Gasteiger partial charge in [-0.2, -0.15) is 0 Å². The Kier molecular flexibility index (Phi) is 6.03. The first kappa shape index (κ1) is 18.8. The highest BCUT2D eigenvalue weighted by Gasteiger charge is 2.21. The molecule has 0 unspecified atom stereocenters. The van der Waals surface area contributed by atoms with Gasteiger partial charge in [-0.3, -0.25) is 4.79 Å². The summed E-state index contributed by atoms with van der Waals surface area (Å²) in [6.07, 6.45) is 1.63. The fourth-order valence-corrected chi connectivity index (χ4v) is 2.81. The molecule has 7 heteroatoms. The summed E-state index contributed by atoms with van der Waals surface area (Å²) >= 11 is 0. The molecule has 0 aliphatic carbocycles. The number of carbonyl (C=O) groups excluding carboxylic acids is 2. The summed E-state index contributed by atoms with van der Waals surface area (Å²) in [7, 11) is 0. The lowest BCUT2D eigenvalue weighted by Crippen LogP contribution is -2.37. The smallest absolute Gasteiger partial charge is 0.342 e. The van der Waals surface area contributed by atoms with Gasteiger partial charge in [0.2, 0.25) is 0 Å². The van der Waals surface area contributed by atoms with Crippen LogP contribution >= 0.6 is 0 Å². The van der Waals surface area contributed by atoms with Crippen LogP contribution in [-0.2, 0) is 14.3 Å². The van der Waals surface area contributed by atoms with Gasteiger partial charge in [-0.1, -0.05) is 6.07 Å². The molecule has 1 saturated heterocycles. The van der Waals surface area contributed by atoms with Crippen LogP contribution < -0.4 is 10.2 Å². The molecule has 7 nitrogen and oxygen atoms in total. The van der Waals surface area contributed by atoms with E-state index < -0.39 is 5.97 Å². The molecule has 2 heterocycles. The lowest BCUT2D eigenvalue weighted by molar-refractivity contribution is -0.119. The summed E-state index contributed by atoms with van der Waals surface area (Å²) in [5.74, 6) is -0.399. The number of anilines is 2. The first-order valence-corrected chi connectivity index (χ1v) is 8.86. The fourth-order valence-electron chi connectivity index (χ4n) is 2.81. The number of ether oxygens (including phenoxy) is 2. The van der Waals surface area contributed by atoms with E-state index in [1.807, 2.05) is 36.9 Å². The van der Waals surface area contributed by atoms with E-state index in [0.29, 0.717) is 43.4 Å². The molecular formula is C20H23N3O4. The third-order valence-corrected chi connectivity index (χ3v) is 4.44. The second-order valence-electron chi connectivity index (χ2n) is 6.40. The van der Waals surface area contributed by atoms with E-state index in [1.165, 1.54) is 0 Å². The number of hydrogen-bond donors (Lipinski definition) is 1. The van der Waals surface area contributed by atoms with Crippen LogP contribution in [0.4, 0.5) is 11.5 Å². The van der Waals surface area contributed by atoms with Crippen molar-refractivity contribution in [2.45, 2.75) is 13.8 Å². The molecule has 0 radical (unpaired) electrons. The van der Waals surface area contributed by atoms with Gasteiger partial charge in [-0.15, -0.1) is 0 Å². The largest absolute Gasteiger partial charge is 0.452 e. The molecule has 3 rings (SSSR count). The van der Waals surface area contributed by atoms with Crippen LogP contribution in [-0.4, -0.2) is 49.8 Å². The lowest BCUT2D eigenvalue weighted by Gasteiger charge is -2.28. The van der Waals surface area contributed by atoms with Crippen molar-refractivity contribution in [3.63, 3.8) is 0 Å². The second-order valence-corrected chi connectivity index (χ2v) is 6.40. The van der Waals surface area contributed by atoms with Gasteiger partial charge in [0.25, 0.3) is 5.91 Å². The van der Waals surface area contributed by atoms with Gasteiger partial charge in [0.15, 0.2) is 6.61 Å². The molecule has 0 spiro atoms. The summed E-state index contributed by atoms with van der Waals surface area (Å²) < 4.78 is 10.5. The fraction of sp³-hybridized carbons (Fsp3) is 0.350. The maximum absolute atomic E-state index is 12.5. The zero-order chi connectivity index (χ0) is 19.2. The highest BCUT2D eigenvalue weighted by atomic mass is 16.5. The molecular weight excluding hydrogens is 346 g/mol. The van der Waals surface area contributed by atoms with Crippen molar-refractivity contribution in [1.29, 1.82) is 0 Å². The number of pyridine rings is 1. The standard InChI is InChI=1S/C20H23N3O4/c1-14-5-6-16(12-15(14)2)22-18(24)13-27-20(25)17-4-3-7-21-19(17)23-8-10-26-11-9-23/h3-7,12H,8-11,13H2,1-2H3,(H,22,24). The van der Waals surface area contributed by atoms with Crippen molar-refractivity contribution >= 4 is 23.4 Å². The Morgan fingerprint density at radius 3 is 2.70 bits per heavy atom. The highest BCUT2D eigenvalue weighted by molar-refractivity contribution is 5.98. The molecule has 2 aromatic rings. The van der Waals surface area contributed by atoms with Crippen molar-refractivity contribution in [2.24, 2.45) is 0 Å². The van der Waals surface area contributed by atoms with E-state index >= 15 is 0 Å². The van der Waals surface area contributed by atoms with Crippen LogP contribution in [0.15, 0.2) is 36.5 Å². The maximum Gasteiger partial charge on any atom is 0.342 e. The molecule has 0 atom stereocenters. The Bertz CT molecular complexity index is 832. The molecule has 1 aromatic carbocycles. The van der Waals surface area contributed by atoms with Crippen LogP contribution in [0.3, 0.4) is 0 Å². The monoisotopic (exact) mass is 369 g/mol. The van der Waals surface area contributed by atoms with Crippen LogP contribution in [0.1, 0.15) is 21.5 Å². The van der Waals surface area contributed by atoms with Crippen molar-refractivity contribution in [3.8, 4) is 0 Å². The number of morpholine rings is 1. The molecule has 142 valence electrons. The van der Waals surface area contributed by atoms with E-state index in [9.17, 15) is 9.59 Å². The third-order valence-electron chi connectivity index (χ3n) is 4.44. The number of rotatable bonds is 5. The molecule has 27 heavy (non-hydrogen) atoms. The molecule has 0 saturated carbocycles. The van der Waals surface area contributed by atoms with Crippen LogP contribution in [0.5, 0.6) is 0 Å². The number of esters is 1. The minimum Gasteiger partial charge on any atom is -0.452 e. The summed E-state index contributed by atoms with van der Waals surface area (Å²) in [6.45, 7) is 6.11. The van der Waals surface area contributed by atoms with Crippen LogP contribution in [0, 0.1) is 13.8 Å². The van der Waals surface area contributed by atoms with E-state index in [-0.39, 0.29) is 12.5 Å². The van der Waals surface area contributed by atoms with E-state index in [0.717, 1.165) is 11.1 Å². The van der Waals surface area contributed by atoms with Gasteiger partial charge >= 0.3 is 5.97 Å². The predicted octanol–water partition coefficient (Wildman–Crippen LogP) is 2.33. The molecule has 1 N–H and O–H groups in total. The number of amides is 1. The first-order chi connectivity index (χ1) is 13.0. The van der Waals surface area contributed by atoms with E-state index in [4.69, 9.17) is 9.47 Å². The lowest BCUT2D eigenvalue weighted by atomic mass is 10.1. The summed E-state index contributed by atoms with van der Waals surface area (Å²) in [6, 6.07) is 8.96. The van der Waals surface area contributed by atoms with Crippen LogP contribution in [0.25, 0.3) is 0 Å². The Balaban J connectivity index is 1.60. The highest BCUT2D eigenvalue weighted by Crippen LogP contribution is 2.19. The van der Waals surface area contributed by atoms with Crippen molar-refractivity contribution < 1.29 is 19.1 Å². The van der Waals surface area contributed by atoms with Gasteiger partial charge in [0, 0.05) is 25.0 Å². The maximum atomic E-state index is 12.5. The van der Waals surface area contributed by atoms with Gasteiger partial charge in [-0.05, 0) is 49.2 Å². The van der Waals surface area contributed by atoms with E-state index in [2.05, 4.69) is 10.3 Å². The zero-order valence-corrected chi connectivity index (χ0v) is 15.5. The average molecular weight is 369 g/mol. The number of carbonyl (C=O) groups is 2. The molecule has 1 fully saturated rings.